The summed E-state index contributed by atoms with van der Waals surface area (Å²) in [6.07, 6.45) is 9.56. The monoisotopic (exact) mass is 329 g/mol. The topological polar surface area (TPSA) is 12.4 Å². The third kappa shape index (κ3) is 3.28. The largest absolute Gasteiger partial charge is 0.255 e. The molecule has 15 heavy (non-hydrogen) atoms. The molecule has 0 spiro atoms. The molecule has 1 aliphatic heterocycles. The lowest BCUT2D eigenvalue weighted by Gasteiger charge is -2.09. The Bertz CT molecular complexity index is 429. The number of hydrogen-bond acceptors (Lipinski definition) is 2. The second-order valence-electron chi connectivity index (χ2n) is 3.52. The maximum Gasteiger partial charge on any atom is 0.0792 e. The molecule has 0 N–H and O–H groups in total. The first-order chi connectivity index (χ1) is 7.24. The van der Waals surface area contributed by atoms with Crippen LogP contribution in [0.3, 0.4) is 0 Å². The molecule has 3 heteroatoms. The molecule has 0 saturated carbocycles. The van der Waals surface area contributed by atoms with Crippen LogP contribution in [0.25, 0.3) is 6.08 Å². The fourth-order valence-corrected chi connectivity index (χ4v) is 2.90. The Hall–Kier alpha value is -0.420. The quantitative estimate of drug-likeness (QED) is 0.712. The van der Waals surface area contributed by atoms with E-state index in [-0.39, 0.29) is 0 Å². The van der Waals surface area contributed by atoms with E-state index in [9.17, 15) is 0 Å². The van der Waals surface area contributed by atoms with Gasteiger partial charge in [-0.1, -0.05) is 12.2 Å². The number of hydrogen-bond donors (Lipinski definition) is 0. The van der Waals surface area contributed by atoms with Crippen LogP contribution in [-0.2, 0) is 0 Å². The van der Waals surface area contributed by atoms with Crippen LogP contribution in [-0.4, -0.2) is 3.72 Å². The number of thiophene rings is 1. The Morgan fingerprint density at radius 3 is 3.07 bits per heavy atom. The van der Waals surface area contributed by atoms with Crippen molar-refractivity contribution in [1.29, 1.82) is 0 Å². The lowest BCUT2D eigenvalue weighted by molar-refractivity contribution is 0.859. The van der Waals surface area contributed by atoms with Crippen molar-refractivity contribution in [2.75, 3.05) is 0 Å². The summed E-state index contributed by atoms with van der Waals surface area (Å²) in [6.45, 7) is 2.14. The zero-order valence-corrected chi connectivity index (χ0v) is 11.5. The Morgan fingerprint density at radius 1 is 1.53 bits per heavy atom. The van der Waals surface area contributed by atoms with Gasteiger partial charge in [-0.05, 0) is 47.7 Å². The summed E-state index contributed by atoms with van der Waals surface area (Å²) in [5, 5.41) is 0. The van der Waals surface area contributed by atoms with Crippen LogP contribution in [0.2, 0.25) is 0 Å². The molecule has 2 rings (SSSR count). The van der Waals surface area contributed by atoms with Crippen LogP contribution in [0.4, 0.5) is 0 Å². The van der Waals surface area contributed by atoms with Crippen LogP contribution >= 0.6 is 33.9 Å². The lowest BCUT2D eigenvalue weighted by atomic mass is 10.0. The summed E-state index contributed by atoms with van der Waals surface area (Å²) in [7, 11) is 0. The van der Waals surface area contributed by atoms with Gasteiger partial charge in [-0.2, -0.15) is 0 Å². The number of nitrogens with zero attached hydrogens (tertiary/aromatic N) is 1. The minimum atomic E-state index is 0.511. The number of halogens is 1. The predicted octanol–water partition coefficient (Wildman–Crippen LogP) is 4.44. The molecule has 0 saturated heterocycles. The van der Waals surface area contributed by atoms with Gasteiger partial charge >= 0.3 is 0 Å². The fourth-order valence-electron chi connectivity index (χ4n) is 1.44. The van der Waals surface area contributed by atoms with Gasteiger partial charge in [0.2, 0.25) is 0 Å². The Balaban J connectivity index is 2.01. The second-order valence-corrected chi connectivity index (χ2v) is 6.09. The highest BCUT2D eigenvalue weighted by Crippen LogP contribution is 2.21. The minimum absolute atomic E-state index is 0.511. The van der Waals surface area contributed by atoms with Crippen molar-refractivity contribution in [2.45, 2.75) is 13.3 Å². The second kappa shape index (κ2) is 5.07. The summed E-state index contributed by atoms with van der Waals surface area (Å²) >= 11 is 4.13. The molecule has 1 aromatic heterocycles. The van der Waals surface area contributed by atoms with E-state index in [1.807, 2.05) is 17.5 Å². The highest BCUT2D eigenvalue weighted by molar-refractivity contribution is 14.1. The highest BCUT2D eigenvalue weighted by Gasteiger charge is 2.07. The molecule has 0 bridgehead atoms. The van der Waals surface area contributed by atoms with Gasteiger partial charge in [0.1, 0.15) is 0 Å². The normalized spacial score (nSPS) is 20.9. The molecule has 0 radical (unpaired) electrons. The van der Waals surface area contributed by atoms with E-state index in [1.54, 1.807) is 0 Å². The van der Waals surface area contributed by atoms with E-state index in [4.69, 9.17) is 0 Å². The fraction of sp³-hybridized carbons (Fsp3) is 0.250. The maximum atomic E-state index is 4.23. The smallest absolute Gasteiger partial charge is 0.0792 e. The Kier molecular flexibility index (Phi) is 3.75. The van der Waals surface area contributed by atoms with Gasteiger partial charge in [-0.25, -0.2) is 0 Å². The van der Waals surface area contributed by atoms with Crippen molar-refractivity contribution in [3.05, 3.63) is 40.2 Å². The van der Waals surface area contributed by atoms with Gasteiger partial charge in [0, 0.05) is 28.3 Å². The van der Waals surface area contributed by atoms with E-state index in [0.29, 0.717) is 5.92 Å². The van der Waals surface area contributed by atoms with Gasteiger partial charge in [-0.15, -0.1) is 11.3 Å². The van der Waals surface area contributed by atoms with Crippen LogP contribution in [0.1, 0.15) is 16.2 Å². The van der Waals surface area contributed by atoms with Crippen molar-refractivity contribution in [2.24, 2.45) is 10.9 Å². The Labute approximate surface area is 108 Å². The molecule has 2 heterocycles. The zero-order chi connectivity index (χ0) is 10.7. The van der Waals surface area contributed by atoms with Gasteiger partial charge in [0.05, 0.1) is 3.72 Å². The van der Waals surface area contributed by atoms with Crippen molar-refractivity contribution in [3.8, 4) is 0 Å². The molecule has 1 nitrogen and oxygen atoms in total. The van der Waals surface area contributed by atoms with Crippen molar-refractivity contribution in [1.82, 2.24) is 0 Å². The number of aryl methyl sites for hydroxylation is 1. The average molecular weight is 329 g/mol. The van der Waals surface area contributed by atoms with Crippen LogP contribution in [0.5, 0.6) is 0 Å². The minimum Gasteiger partial charge on any atom is -0.255 e. The molecule has 78 valence electrons. The van der Waals surface area contributed by atoms with Gasteiger partial charge in [-0.3, -0.25) is 4.99 Å². The summed E-state index contributed by atoms with van der Waals surface area (Å²) < 4.78 is 1.19. The van der Waals surface area contributed by atoms with Gasteiger partial charge in [0.15, 0.2) is 0 Å². The molecule has 0 aliphatic carbocycles. The first-order valence-electron chi connectivity index (χ1n) is 4.87. The molecule has 1 unspecified atom stereocenters. The summed E-state index contributed by atoms with van der Waals surface area (Å²) in [4.78, 5) is 6.93. The van der Waals surface area contributed by atoms with Crippen molar-refractivity contribution < 1.29 is 0 Å². The standard InChI is InChI=1S/C12H12INS/c1-9-2-4-11(15-9)5-3-10-6-7-14-12(13)8-10/h2-7,10H,8H2,1H3/b5-3+. The van der Waals surface area contributed by atoms with Crippen LogP contribution in [0, 0.1) is 12.8 Å². The lowest BCUT2D eigenvalue weighted by Crippen LogP contribution is -2.01. The summed E-state index contributed by atoms with van der Waals surface area (Å²) in [5.74, 6) is 0.511. The van der Waals surface area contributed by atoms with Crippen LogP contribution in [0.15, 0.2) is 35.5 Å². The first kappa shape index (κ1) is 11.1. The highest BCUT2D eigenvalue weighted by atomic mass is 127. The molecular weight excluding hydrogens is 317 g/mol. The molecule has 0 amide bonds. The SMILES string of the molecule is Cc1ccc(/C=C/C2C=CN=C(I)C2)s1. The summed E-state index contributed by atoms with van der Waals surface area (Å²) in [5.41, 5.74) is 0. The molecule has 1 aliphatic rings. The van der Waals surface area contributed by atoms with Crippen molar-refractivity contribution >= 4 is 43.7 Å². The average Bonchev–Trinajstić information content (AvgIpc) is 2.62. The number of rotatable bonds is 2. The maximum absolute atomic E-state index is 4.23. The first-order valence-corrected chi connectivity index (χ1v) is 6.77. The third-order valence-corrected chi connectivity index (χ3v) is 3.91. The predicted molar refractivity (Wildman–Crippen MR) is 76.8 cm³/mol. The number of aliphatic imine (C=N–C) groups is 1. The van der Waals surface area contributed by atoms with Gasteiger partial charge < -0.3 is 0 Å². The molecule has 1 atom stereocenters. The molecule has 0 fully saturated rings. The van der Waals surface area contributed by atoms with Gasteiger partial charge in [0.25, 0.3) is 0 Å². The van der Waals surface area contributed by atoms with Crippen molar-refractivity contribution in [3.63, 3.8) is 0 Å². The molecule has 1 aromatic rings. The van der Waals surface area contributed by atoms with E-state index in [1.165, 1.54) is 13.5 Å². The van der Waals surface area contributed by atoms with E-state index in [0.717, 1.165) is 6.42 Å². The van der Waals surface area contributed by atoms with E-state index in [2.05, 4.69) is 64.9 Å². The summed E-state index contributed by atoms with van der Waals surface area (Å²) in [6, 6.07) is 4.33. The molecular formula is C12H12INS. The van der Waals surface area contributed by atoms with E-state index >= 15 is 0 Å². The van der Waals surface area contributed by atoms with Crippen LogP contribution < -0.4 is 0 Å². The number of allylic oxidation sites excluding steroid dienone is 2. The zero-order valence-electron chi connectivity index (χ0n) is 8.48. The van der Waals surface area contributed by atoms with E-state index < -0.39 is 0 Å². The third-order valence-electron chi connectivity index (χ3n) is 2.22. The Morgan fingerprint density at radius 2 is 2.40 bits per heavy atom. The molecule has 0 aromatic carbocycles.